The van der Waals surface area contributed by atoms with Gasteiger partial charge < -0.3 is 4.42 Å². The topological polar surface area (TPSA) is 33.7 Å². The van der Waals surface area contributed by atoms with Gasteiger partial charge in [-0.25, -0.2) is 4.52 Å². The van der Waals surface area contributed by atoms with Crippen molar-refractivity contribution < 1.29 is 4.42 Å². The van der Waals surface area contributed by atoms with E-state index in [0.717, 1.165) is 50.0 Å². The first-order chi connectivity index (χ1) is 19.8. The van der Waals surface area contributed by atoms with E-state index >= 15 is 0 Å². The number of rotatable bonds is 3. The van der Waals surface area contributed by atoms with Crippen LogP contribution in [0.2, 0.25) is 0 Å². The third-order valence-corrected chi connectivity index (χ3v) is 8.93. The fraction of sp³-hybridized carbons (Fsp3) is 0. The first-order valence-electron chi connectivity index (χ1n) is 13.3. The lowest BCUT2D eigenvalue weighted by Gasteiger charge is -2.23. The number of hydrogen-bond donors (Lipinski definition) is 0. The van der Waals surface area contributed by atoms with Crippen molar-refractivity contribution in [2.75, 3.05) is 4.90 Å². The summed E-state index contributed by atoms with van der Waals surface area (Å²) in [5.41, 5.74) is 4.93. The predicted octanol–water partition coefficient (Wildman–Crippen LogP) is 10.2. The molecule has 0 saturated heterocycles. The Bertz CT molecular complexity index is 2250. The number of aromatic nitrogens is 2. The zero-order valence-corrected chi connectivity index (χ0v) is 22.1. The molecule has 0 atom stereocenters. The average molecular weight is 532 g/mol. The number of para-hydroxylation sites is 1. The number of thiophene rings is 1. The van der Waals surface area contributed by atoms with E-state index in [2.05, 4.69) is 120 Å². The molecule has 0 amide bonds. The molecule has 0 saturated carbocycles. The van der Waals surface area contributed by atoms with Crippen molar-refractivity contribution >= 4 is 86.9 Å². The maximum atomic E-state index is 6.15. The lowest BCUT2D eigenvalue weighted by Crippen LogP contribution is -2.10. The fourth-order valence-electron chi connectivity index (χ4n) is 5.89. The van der Waals surface area contributed by atoms with Crippen LogP contribution >= 0.6 is 11.3 Å². The molecule has 4 heterocycles. The van der Waals surface area contributed by atoms with E-state index < -0.39 is 0 Å². The van der Waals surface area contributed by atoms with Gasteiger partial charge in [0, 0.05) is 60.0 Å². The van der Waals surface area contributed by atoms with Crippen molar-refractivity contribution in [3.05, 3.63) is 128 Å². The second-order valence-electron chi connectivity index (χ2n) is 10.2. The van der Waals surface area contributed by atoms with Crippen molar-refractivity contribution in [3.8, 4) is 0 Å². The Kier molecular flexibility index (Phi) is 4.45. The summed E-state index contributed by atoms with van der Waals surface area (Å²) in [6.07, 6.45) is 2.11. The third-order valence-electron chi connectivity index (χ3n) is 7.78. The predicted molar refractivity (Wildman–Crippen MR) is 168 cm³/mol. The molecule has 0 N–H and O–H groups in total. The van der Waals surface area contributed by atoms with E-state index in [1.54, 1.807) is 0 Å². The van der Waals surface area contributed by atoms with Gasteiger partial charge in [0.15, 0.2) is 5.82 Å². The van der Waals surface area contributed by atoms with Crippen molar-refractivity contribution in [2.45, 2.75) is 0 Å². The van der Waals surface area contributed by atoms with E-state index in [0.29, 0.717) is 0 Å². The summed E-state index contributed by atoms with van der Waals surface area (Å²) < 4.78 is 10.7. The van der Waals surface area contributed by atoms with Gasteiger partial charge >= 0.3 is 0 Å². The van der Waals surface area contributed by atoms with Gasteiger partial charge in [-0.2, -0.15) is 0 Å². The molecule has 188 valence electrons. The molecule has 4 nitrogen and oxygen atoms in total. The van der Waals surface area contributed by atoms with E-state index in [1.807, 2.05) is 28.0 Å². The van der Waals surface area contributed by atoms with Crippen LogP contribution in [0, 0.1) is 0 Å². The molecule has 4 aromatic heterocycles. The SMILES string of the molecule is c1ccc2cn3nc(N(c4ccc5oc6ccccc6c5c4)c4ccc5sc6ccccc6c5c4)cc3cc2c1. The summed E-state index contributed by atoms with van der Waals surface area (Å²) in [6, 6.07) is 42.8. The number of benzene rings is 5. The Balaban J connectivity index is 1.31. The van der Waals surface area contributed by atoms with Crippen LogP contribution < -0.4 is 4.90 Å². The number of fused-ring (bicyclic) bond motifs is 8. The highest BCUT2D eigenvalue weighted by atomic mass is 32.1. The van der Waals surface area contributed by atoms with E-state index in [9.17, 15) is 0 Å². The van der Waals surface area contributed by atoms with E-state index in [1.165, 1.54) is 25.6 Å². The van der Waals surface area contributed by atoms with Gasteiger partial charge in [0.05, 0.1) is 5.52 Å². The summed E-state index contributed by atoms with van der Waals surface area (Å²) in [7, 11) is 0. The number of furan rings is 1. The Labute approximate surface area is 232 Å². The Morgan fingerprint density at radius 2 is 1.27 bits per heavy atom. The Morgan fingerprint density at radius 3 is 2.20 bits per heavy atom. The molecule has 5 aromatic carbocycles. The zero-order chi connectivity index (χ0) is 26.2. The van der Waals surface area contributed by atoms with Crippen LogP contribution in [-0.4, -0.2) is 9.61 Å². The van der Waals surface area contributed by atoms with E-state index in [-0.39, 0.29) is 0 Å². The average Bonchev–Trinajstić information content (AvgIpc) is 3.68. The van der Waals surface area contributed by atoms with Crippen LogP contribution in [-0.2, 0) is 0 Å². The number of nitrogens with zero attached hydrogens (tertiary/aromatic N) is 3. The second kappa shape index (κ2) is 8.18. The molecule has 9 aromatic rings. The smallest absolute Gasteiger partial charge is 0.160 e. The maximum Gasteiger partial charge on any atom is 0.160 e. The Hall–Kier alpha value is -5.13. The number of anilines is 3. The molecule has 0 unspecified atom stereocenters. The largest absolute Gasteiger partial charge is 0.456 e. The Morgan fingerprint density at radius 1 is 0.575 bits per heavy atom. The number of pyridine rings is 1. The zero-order valence-electron chi connectivity index (χ0n) is 21.3. The van der Waals surface area contributed by atoms with Crippen molar-refractivity contribution in [1.29, 1.82) is 0 Å². The minimum Gasteiger partial charge on any atom is -0.456 e. The highest BCUT2D eigenvalue weighted by Gasteiger charge is 2.19. The molecule has 40 heavy (non-hydrogen) atoms. The maximum absolute atomic E-state index is 6.15. The fourth-order valence-corrected chi connectivity index (χ4v) is 6.97. The molecule has 0 aliphatic carbocycles. The molecule has 0 aliphatic heterocycles. The molecule has 0 fully saturated rings. The third kappa shape index (κ3) is 3.22. The first-order valence-corrected chi connectivity index (χ1v) is 14.1. The van der Waals surface area contributed by atoms with Crippen LogP contribution in [0.3, 0.4) is 0 Å². The summed E-state index contributed by atoms with van der Waals surface area (Å²) in [6.45, 7) is 0. The molecule has 0 aliphatic rings. The molecule has 5 heteroatoms. The molecule has 9 rings (SSSR count). The van der Waals surface area contributed by atoms with Crippen molar-refractivity contribution in [3.63, 3.8) is 0 Å². The number of hydrogen-bond acceptors (Lipinski definition) is 4. The first kappa shape index (κ1) is 21.8. The normalized spacial score (nSPS) is 12.0. The van der Waals surface area contributed by atoms with Gasteiger partial charge in [0.1, 0.15) is 11.2 Å². The lowest BCUT2D eigenvalue weighted by atomic mass is 10.1. The van der Waals surface area contributed by atoms with Crippen LogP contribution in [0.5, 0.6) is 0 Å². The highest BCUT2D eigenvalue weighted by Crippen LogP contribution is 2.42. The lowest BCUT2D eigenvalue weighted by molar-refractivity contribution is 0.669. The molecular formula is C35H21N3OS. The van der Waals surface area contributed by atoms with Crippen LogP contribution in [0.25, 0.3) is 58.4 Å². The second-order valence-corrected chi connectivity index (χ2v) is 11.3. The highest BCUT2D eigenvalue weighted by molar-refractivity contribution is 7.25. The van der Waals surface area contributed by atoms with Gasteiger partial charge in [0.25, 0.3) is 0 Å². The molecule has 0 bridgehead atoms. The van der Waals surface area contributed by atoms with Crippen LogP contribution in [0.15, 0.2) is 132 Å². The van der Waals surface area contributed by atoms with Gasteiger partial charge in [-0.1, -0.05) is 60.7 Å². The van der Waals surface area contributed by atoms with Gasteiger partial charge in [-0.15, -0.1) is 16.4 Å². The van der Waals surface area contributed by atoms with Crippen molar-refractivity contribution in [1.82, 2.24) is 9.61 Å². The quantitative estimate of drug-likeness (QED) is 0.227. The monoisotopic (exact) mass is 531 g/mol. The summed E-state index contributed by atoms with van der Waals surface area (Å²) in [5.74, 6) is 0.862. The van der Waals surface area contributed by atoms with Crippen LogP contribution in [0.4, 0.5) is 17.2 Å². The van der Waals surface area contributed by atoms with Gasteiger partial charge in [-0.05, 0) is 60.0 Å². The minimum atomic E-state index is 0.862. The molecule has 0 radical (unpaired) electrons. The van der Waals surface area contributed by atoms with Gasteiger partial charge in [0.2, 0.25) is 0 Å². The molecular weight excluding hydrogens is 510 g/mol. The van der Waals surface area contributed by atoms with E-state index in [4.69, 9.17) is 9.52 Å². The standard InChI is InChI=1S/C35H21N3OS/c1-2-8-23-21-37-26(17-22(23)7-1)20-35(36-37)38(24-13-15-32-29(18-24)27-9-3-5-11-31(27)39-32)25-14-16-34-30(19-25)28-10-4-6-12-33(28)40-34/h1-21H. The summed E-state index contributed by atoms with van der Waals surface area (Å²) in [5, 5.41) is 12.2. The minimum absolute atomic E-state index is 0.862. The van der Waals surface area contributed by atoms with Crippen molar-refractivity contribution in [2.24, 2.45) is 0 Å². The summed E-state index contributed by atoms with van der Waals surface area (Å²) in [4.78, 5) is 2.25. The van der Waals surface area contributed by atoms with Gasteiger partial charge in [-0.3, -0.25) is 4.90 Å². The summed E-state index contributed by atoms with van der Waals surface area (Å²) >= 11 is 1.83. The molecule has 0 spiro atoms. The van der Waals surface area contributed by atoms with Crippen LogP contribution in [0.1, 0.15) is 0 Å².